The van der Waals surface area contributed by atoms with E-state index in [4.69, 9.17) is 0 Å². The predicted octanol–water partition coefficient (Wildman–Crippen LogP) is 2.27. The zero-order valence-electron chi connectivity index (χ0n) is 10.6. The first-order valence-corrected chi connectivity index (χ1v) is 7.36. The zero-order chi connectivity index (χ0) is 13.1. The van der Waals surface area contributed by atoms with Crippen LogP contribution in [0.5, 0.6) is 0 Å². The highest BCUT2D eigenvalue weighted by atomic mass is 32.2. The summed E-state index contributed by atoms with van der Waals surface area (Å²) in [6.07, 6.45) is 3.07. The van der Waals surface area contributed by atoms with Gasteiger partial charge in [-0.1, -0.05) is 18.2 Å². The second-order valence-corrected chi connectivity index (χ2v) is 6.26. The molecule has 0 saturated carbocycles. The maximum atomic E-state index is 11.3. The largest absolute Gasteiger partial charge is 0.296 e. The molecule has 0 aliphatic carbocycles. The van der Waals surface area contributed by atoms with E-state index in [0.29, 0.717) is 4.90 Å². The maximum Gasteiger partial charge on any atom is 0.175 e. The molecule has 0 aromatic heterocycles. The molecule has 1 atom stereocenters. The van der Waals surface area contributed by atoms with Crippen LogP contribution < -0.4 is 0 Å². The van der Waals surface area contributed by atoms with Crippen molar-refractivity contribution in [3.05, 3.63) is 42.5 Å². The molecule has 0 N–H and O–H groups in total. The highest BCUT2D eigenvalue weighted by molar-refractivity contribution is 7.90. The number of rotatable bonds is 5. The molecule has 3 nitrogen and oxygen atoms in total. The first-order chi connectivity index (χ1) is 7.86. The SMILES string of the molecule is C=CCN(C)C(C)c1ccc(S(C)(=O)=O)cc1. The molecule has 0 heterocycles. The monoisotopic (exact) mass is 253 g/mol. The number of hydrogen-bond donors (Lipinski definition) is 0. The summed E-state index contributed by atoms with van der Waals surface area (Å²) in [4.78, 5) is 2.50. The lowest BCUT2D eigenvalue weighted by atomic mass is 10.1. The third-order valence-electron chi connectivity index (χ3n) is 2.87. The van der Waals surface area contributed by atoms with E-state index in [2.05, 4.69) is 18.4 Å². The van der Waals surface area contributed by atoms with E-state index in [-0.39, 0.29) is 6.04 Å². The van der Waals surface area contributed by atoms with Gasteiger partial charge in [-0.25, -0.2) is 8.42 Å². The third-order valence-corrected chi connectivity index (χ3v) is 4.00. The molecule has 0 fully saturated rings. The summed E-state index contributed by atoms with van der Waals surface area (Å²) in [7, 11) is -1.09. The van der Waals surface area contributed by atoms with Gasteiger partial charge in [0, 0.05) is 18.8 Å². The van der Waals surface area contributed by atoms with Crippen molar-refractivity contribution in [3.63, 3.8) is 0 Å². The maximum absolute atomic E-state index is 11.3. The molecule has 94 valence electrons. The van der Waals surface area contributed by atoms with Gasteiger partial charge in [-0.3, -0.25) is 4.90 Å². The van der Waals surface area contributed by atoms with Crippen molar-refractivity contribution in [1.29, 1.82) is 0 Å². The van der Waals surface area contributed by atoms with Crippen molar-refractivity contribution >= 4 is 9.84 Å². The van der Waals surface area contributed by atoms with Crippen molar-refractivity contribution in [2.24, 2.45) is 0 Å². The summed E-state index contributed by atoms with van der Waals surface area (Å²) in [6, 6.07) is 7.27. The minimum atomic E-state index is -3.11. The minimum Gasteiger partial charge on any atom is -0.296 e. The highest BCUT2D eigenvalue weighted by Gasteiger charge is 2.12. The van der Waals surface area contributed by atoms with Crippen molar-refractivity contribution in [3.8, 4) is 0 Å². The van der Waals surface area contributed by atoms with Crippen LogP contribution in [0.25, 0.3) is 0 Å². The van der Waals surface area contributed by atoms with Crippen molar-refractivity contribution in [1.82, 2.24) is 4.90 Å². The van der Waals surface area contributed by atoms with E-state index < -0.39 is 9.84 Å². The van der Waals surface area contributed by atoms with Crippen LogP contribution in [0.15, 0.2) is 41.8 Å². The van der Waals surface area contributed by atoms with Gasteiger partial charge in [0.1, 0.15) is 0 Å². The fourth-order valence-corrected chi connectivity index (χ4v) is 2.24. The Balaban J connectivity index is 2.91. The molecule has 1 rings (SSSR count). The Hall–Kier alpha value is -1.13. The van der Waals surface area contributed by atoms with Crippen LogP contribution in [0.1, 0.15) is 18.5 Å². The standard InChI is InChI=1S/C13H19NO2S/c1-5-10-14(3)11(2)12-6-8-13(9-7-12)17(4,15)16/h5-9,11H,1,10H2,2-4H3. The Morgan fingerprint density at radius 3 is 2.29 bits per heavy atom. The van der Waals surface area contributed by atoms with Gasteiger partial charge < -0.3 is 0 Å². The second-order valence-electron chi connectivity index (χ2n) is 4.25. The quantitative estimate of drug-likeness (QED) is 0.755. The lowest BCUT2D eigenvalue weighted by Gasteiger charge is -2.23. The molecular formula is C13H19NO2S. The van der Waals surface area contributed by atoms with Gasteiger partial charge in [0.05, 0.1) is 4.90 Å². The Kier molecular flexibility index (Phi) is 4.48. The first kappa shape index (κ1) is 13.9. The lowest BCUT2D eigenvalue weighted by Crippen LogP contribution is -2.22. The number of likely N-dealkylation sites (N-methyl/N-ethyl adjacent to an activating group) is 1. The predicted molar refractivity (Wildman–Crippen MR) is 70.8 cm³/mol. The van der Waals surface area contributed by atoms with Crippen LogP contribution in [0, 0.1) is 0 Å². The highest BCUT2D eigenvalue weighted by Crippen LogP contribution is 2.20. The Bertz CT molecular complexity index is 477. The van der Waals surface area contributed by atoms with E-state index in [1.165, 1.54) is 6.26 Å². The molecule has 0 aliphatic rings. The topological polar surface area (TPSA) is 37.4 Å². The van der Waals surface area contributed by atoms with Gasteiger partial charge in [0.15, 0.2) is 9.84 Å². The molecule has 1 aromatic rings. The summed E-state index contributed by atoms with van der Waals surface area (Å²) < 4.78 is 22.7. The summed E-state index contributed by atoms with van der Waals surface area (Å²) in [6.45, 7) is 6.59. The van der Waals surface area contributed by atoms with E-state index in [0.717, 1.165) is 12.1 Å². The second kappa shape index (κ2) is 5.47. The Labute approximate surface area is 104 Å². The molecule has 0 radical (unpaired) electrons. The smallest absolute Gasteiger partial charge is 0.175 e. The molecular weight excluding hydrogens is 234 g/mol. The number of sulfone groups is 1. The van der Waals surface area contributed by atoms with E-state index >= 15 is 0 Å². The fourth-order valence-electron chi connectivity index (χ4n) is 1.61. The van der Waals surface area contributed by atoms with Gasteiger partial charge in [0.25, 0.3) is 0 Å². The van der Waals surface area contributed by atoms with E-state index in [1.54, 1.807) is 12.1 Å². The summed E-state index contributed by atoms with van der Waals surface area (Å²) >= 11 is 0. The molecule has 0 spiro atoms. The summed E-state index contributed by atoms with van der Waals surface area (Å²) in [5, 5.41) is 0. The van der Waals surface area contributed by atoms with Crippen LogP contribution >= 0.6 is 0 Å². The molecule has 4 heteroatoms. The van der Waals surface area contributed by atoms with Crippen LogP contribution in [-0.4, -0.2) is 33.2 Å². The molecule has 0 aliphatic heterocycles. The van der Waals surface area contributed by atoms with Gasteiger partial charge in [0.2, 0.25) is 0 Å². The van der Waals surface area contributed by atoms with Crippen LogP contribution in [-0.2, 0) is 9.84 Å². The normalized spacial score (nSPS) is 13.6. The molecule has 17 heavy (non-hydrogen) atoms. The Morgan fingerprint density at radius 2 is 1.88 bits per heavy atom. The first-order valence-electron chi connectivity index (χ1n) is 5.47. The molecule has 0 saturated heterocycles. The van der Waals surface area contributed by atoms with Crippen LogP contribution in [0.3, 0.4) is 0 Å². The van der Waals surface area contributed by atoms with Crippen LogP contribution in [0.2, 0.25) is 0 Å². The van der Waals surface area contributed by atoms with Gasteiger partial charge >= 0.3 is 0 Å². The van der Waals surface area contributed by atoms with Gasteiger partial charge in [-0.15, -0.1) is 6.58 Å². The number of hydrogen-bond acceptors (Lipinski definition) is 3. The Morgan fingerprint density at radius 1 is 1.35 bits per heavy atom. The minimum absolute atomic E-state index is 0.238. The molecule has 0 bridgehead atoms. The van der Waals surface area contributed by atoms with Crippen LogP contribution in [0.4, 0.5) is 0 Å². The molecule has 0 amide bonds. The molecule has 1 aromatic carbocycles. The van der Waals surface area contributed by atoms with E-state index in [1.807, 2.05) is 25.3 Å². The van der Waals surface area contributed by atoms with Gasteiger partial charge in [-0.2, -0.15) is 0 Å². The third kappa shape index (κ3) is 3.68. The molecule has 1 unspecified atom stereocenters. The fraction of sp³-hybridized carbons (Fsp3) is 0.385. The van der Waals surface area contributed by atoms with Gasteiger partial charge in [-0.05, 0) is 31.7 Å². The average molecular weight is 253 g/mol. The van der Waals surface area contributed by atoms with Crippen molar-refractivity contribution < 1.29 is 8.42 Å². The average Bonchev–Trinajstić information content (AvgIpc) is 2.27. The number of benzene rings is 1. The summed E-state index contributed by atoms with van der Waals surface area (Å²) in [5.74, 6) is 0. The zero-order valence-corrected chi connectivity index (χ0v) is 11.4. The number of nitrogens with zero attached hydrogens (tertiary/aromatic N) is 1. The van der Waals surface area contributed by atoms with Crippen molar-refractivity contribution in [2.45, 2.75) is 17.9 Å². The lowest BCUT2D eigenvalue weighted by molar-refractivity contribution is 0.290. The summed E-state index contributed by atoms with van der Waals surface area (Å²) in [5.41, 5.74) is 1.10. The van der Waals surface area contributed by atoms with Crippen molar-refractivity contribution in [2.75, 3.05) is 19.8 Å². The van der Waals surface area contributed by atoms with E-state index in [9.17, 15) is 8.42 Å².